The van der Waals surface area contributed by atoms with E-state index in [1.54, 1.807) is 4.90 Å². The molecule has 3 rings (SSSR count). The van der Waals surface area contributed by atoms with E-state index in [2.05, 4.69) is 5.32 Å². The van der Waals surface area contributed by atoms with E-state index >= 15 is 0 Å². The molecule has 2 aromatic carbocycles. The van der Waals surface area contributed by atoms with Gasteiger partial charge >= 0.3 is 0 Å². The summed E-state index contributed by atoms with van der Waals surface area (Å²) in [6.07, 6.45) is 1.10. The normalized spacial score (nSPS) is 15.3. The molecular formula is C19H26N2O2+2. The summed E-state index contributed by atoms with van der Waals surface area (Å²) >= 11 is 0. The van der Waals surface area contributed by atoms with Crippen molar-refractivity contribution in [3.8, 4) is 17.2 Å². The van der Waals surface area contributed by atoms with Crippen molar-refractivity contribution in [1.29, 1.82) is 0 Å². The quantitative estimate of drug-likeness (QED) is 0.739. The minimum Gasteiger partial charge on any atom is -0.493 e. The average Bonchev–Trinajstić information content (AvgIpc) is 2.61. The van der Waals surface area contributed by atoms with Gasteiger partial charge in [0.1, 0.15) is 43.4 Å². The number of rotatable bonds is 7. The van der Waals surface area contributed by atoms with E-state index in [9.17, 15) is 0 Å². The lowest BCUT2D eigenvalue weighted by Gasteiger charge is -2.22. The Balaban J connectivity index is 1.44. The van der Waals surface area contributed by atoms with Crippen molar-refractivity contribution in [2.45, 2.75) is 6.42 Å². The van der Waals surface area contributed by atoms with Gasteiger partial charge in [-0.15, -0.1) is 0 Å². The van der Waals surface area contributed by atoms with Gasteiger partial charge < -0.3 is 19.7 Å². The van der Waals surface area contributed by atoms with Crippen LogP contribution in [0.5, 0.6) is 17.2 Å². The molecule has 122 valence electrons. The summed E-state index contributed by atoms with van der Waals surface area (Å²) in [7, 11) is 0. The van der Waals surface area contributed by atoms with Crippen molar-refractivity contribution in [3.05, 3.63) is 54.6 Å². The number of para-hydroxylation sites is 1. The Labute approximate surface area is 138 Å². The number of hydrogen-bond acceptors (Lipinski definition) is 2. The SMILES string of the molecule is c1ccc(Oc2cccc(OCCC[NH+]3CC[NH2+]CC3)c2)cc1. The molecule has 1 fully saturated rings. The lowest BCUT2D eigenvalue weighted by molar-refractivity contribution is -0.946. The van der Waals surface area contributed by atoms with Gasteiger partial charge in [-0.1, -0.05) is 24.3 Å². The van der Waals surface area contributed by atoms with Crippen LogP contribution in [0.15, 0.2) is 54.6 Å². The molecule has 4 heteroatoms. The molecule has 0 bridgehead atoms. The highest BCUT2D eigenvalue weighted by molar-refractivity contribution is 5.36. The van der Waals surface area contributed by atoms with Gasteiger partial charge in [0.15, 0.2) is 0 Å². The Morgan fingerprint density at radius 1 is 0.870 bits per heavy atom. The third-order valence-electron chi connectivity index (χ3n) is 4.13. The van der Waals surface area contributed by atoms with Crippen LogP contribution < -0.4 is 19.7 Å². The highest BCUT2D eigenvalue weighted by Gasteiger charge is 2.14. The lowest BCUT2D eigenvalue weighted by Crippen LogP contribution is -3.20. The summed E-state index contributed by atoms with van der Waals surface area (Å²) in [6, 6.07) is 17.7. The fourth-order valence-corrected chi connectivity index (χ4v) is 2.90. The van der Waals surface area contributed by atoms with Crippen LogP contribution in [0.1, 0.15) is 6.42 Å². The zero-order valence-corrected chi connectivity index (χ0v) is 13.5. The number of piperazine rings is 1. The largest absolute Gasteiger partial charge is 0.493 e. The van der Waals surface area contributed by atoms with Crippen LogP contribution in [-0.4, -0.2) is 39.3 Å². The van der Waals surface area contributed by atoms with Crippen molar-refractivity contribution in [2.75, 3.05) is 39.3 Å². The minimum atomic E-state index is 0.766. The molecule has 0 saturated carbocycles. The van der Waals surface area contributed by atoms with Crippen LogP contribution in [0.3, 0.4) is 0 Å². The molecule has 0 radical (unpaired) electrons. The first kappa shape index (κ1) is 15.8. The zero-order valence-electron chi connectivity index (χ0n) is 13.5. The zero-order chi connectivity index (χ0) is 15.7. The van der Waals surface area contributed by atoms with E-state index < -0.39 is 0 Å². The molecular weight excluding hydrogens is 288 g/mol. The number of ether oxygens (including phenoxy) is 2. The number of nitrogens with one attached hydrogen (secondary N) is 1. The second-order valence-electron chi connectivity index (χ2n) is 5.96. The highest BCUT2D eigenvalue weighted by atomic mass is 16.5. The third kappa shape index (κ3) is 5.27. The van der Waals surface area contributed by atoms with Gasteiger partial charge in [-0.25, -0.2) is 0 Å². The molecule has 4 nitrogen and oxygen atoms in total. The molecule has 1 heterocycles. The summed E-state index contributed by atoms with van der Waals surface area (Å²) in [5, 5.41) is 2.40. The molecule has 1 aliphatic heterocycles. The van der Waals surface area contributed by atoms with Gasteiger partial charge in [0.05, 0.1) is 13.2 Å². The smallest absolute Gasteiger partial charge is 0.131 e. The first-order chi connectivity index (χ1) is 11.4. The van der Waals surface area contributed by atoms with Crippen LogP contribution in [0, 0.1) is 0 Å². The Bertz CT molecular complexity index is 583. The monoisotopic (exact) mass is 314 g/mol. The number of nitrogens with two attached hydrogens (primary N) is 1. The van der Waals surface area contributed by atoms with Gasteiger partial charge in [-0.05, 0) is 24.3 Å². The minimum absolute atomic E-state index is 0.766. The van der Waals surface area contributed by atoms with E-state index in [4.69, 9.17) is 9.47 Å². The van der Waals surface area contributed by atoms with E-state index in [1.165, 1.54) is 32.7 Å². The summed E-state index contributed by atoms with van der Waals surface area (Å²) in [4.78, 5) is 1.71. The number of benzene rings is 2. The van der Waals surface area contributed by atoms with Crippen LogP contribution in [0.25, 0.3) is 0 Å². The van der Waals surface area contributed by atoms with E-state index in [0.717, 1.165) is 30.3 Å². The summed E-state index contributed by atoms with van der Waals surface area (Å²) in [5.74, 6) is 2.53. The molecule has 2 aromatic rings. The van der Waals surface area contributed by atoms with E-state index in [1.807, 2.05) is 54.6 Å². The first-order valence-electron chi connectivity index (χ1n) is 8.51. The van der Waals surface area contributed by atoms with Crippen LogP contribution in [0.2, 0.25) is 0 Å². The average molecular weight is 314 g/mol. The van der Waals surface area contributed by atoms with Crippen molar-refractivity contribution in [3.63, 3.8) is 0 Å². The Kier molecular flexibility index (Phi) is 5.89. The molecule has 0 atom stereocenters. The summed E-state index contributed by atoms with van der Waals surface area (Å²) in [6.45, 7) is 7.04. The third-order valence-corrected chi connectivity index (χ3v) is 4.13. The second-order valence-corrected chi connectivity index (χ2v) is 5.96. The molecule has 1 saturated heterocycles. The molecule has 0 amide bonds. The van der Waals surface area contributed by atoms with E-state index in [0.29, 0.717) is 0 Å². The molecule has 1 aliphatic rings. The Hall–Kier alpha value is -2.04. The highest BCUT2D eigenvalue weighted by Crippen LogP contribution is 2.24. The summed E-state index contributed by atoms with van der Waals surface area (Å²) in [5.41, 5.74) is 0. The van der Waals surface area contributed by atoms with Crippen molar-refractivity contribution in [2.24, 2.45) is 0 Å². The van der Waals surface area contributed by atoms with Crippen molar-refractivity contribution in [1.82, 2.24) is 0 Å². The maximum absolute atomic E-state index is 5.87. The van der Waals surface area contributed by atoms with Gasteiger partial charge in [0, 0.05) is 12.5 Å². The fraction of sp³-hybridized carbons (Fsp3) is 0.368. The van der Waals surface area contributed by atoms with Crippen LogP contribution >= 0.6 is 0 Å². The predicted molar refractivity (Wildman–Crippen MR) is 90.3 cm³/mol. The lowest BCUT2D eigenvalue weighted by atomic mass is 10.3. The van der Waals surface area contributed by atoms with Crippen molar-refractivity contribution < 1.29 is 19.7 Å². The number of hydrogen-bond donors (Lipinski definition) is 2. The van der Waals surface area contributed by atoms with Crippen LogP contribution in [0.4, 0.5) is 0 Å². The molecule has 0 aliphatic carbocycles. The Morgan fingerprint density at radius 3 is 2.43 bits per heavy atom. The molecule has 23 heavy (non-hydrogen) atoms. The molecule has 0 unspecified atom stereocenters. The van der Waals surface area contributed by atoms with Gasteiger partial charge in [-0.3, -0.25) is 0 Å². The van der Waals surface area contributed by atoms with Crippen LogP contribution in [-0.2, 0) is 0 Å². The fourth-order valence-electron chi connectivity index (χ4n) is 2.90. The second kappa shape index (κ2) is 8.56. The molecule has 0 aromatic heterocycles. The van der Waals surface area contributed by atoms with Gasteiger partial charge in [0.2, 0.25) is 0 Å². The van der Waals surface area contributed by atoms with Gasteiger partial charge in [-0.2, -0.15) is 0 Å². The maximum atomic E-state index is 5.87. The molecule has 3 N–H and O–H groups in total. The standard InChI is InChI=1S/C19H24N2O2/c1-2-6-17(7-3-1)23-19-9-4-8-18(16-19)22-15-5-12-21-13-10-20-11-14-21/h1-4,6-9,16,20H,5,10-15H2/p+2. The first-order valence-corrected chi connectivity index (χ1v) is 8.51. The summed E-state index contributed by atoms with van der Waals surface area (Å²) < 4.78 is 11.7. The Morgan fingerprint density at radius 2 is 1.61 bits per heavy atom. The molecule has 0 spiro atoms. The maximum Gasteiger partial charge on any atom is 0.131 e. The topological polar surface area (TPSA) is 39.5 Å². The van der Waals surface area contributed by atoms with E-state index in [-0.39, 0.29) is 0 Å². The predicted octanol–water partition coefficient (Wildman–Crippen LogP) is 0.710. The van der Waals surface area contributed by atoms with Gasteiger partial charge in [0.25, 0.3) is 0 Å². The van der Waals surface area contributed by atoms with Crippen molar-refractivity contribution >= 4 is 0 Å². The number of quaternary nitrogens is 2.